The first-order valence-corrected chi connectivity index (χ1v) is 10.9. The summed E-state index contributed by atoms with van der Waals surface area (Å²) in [6, 6.07) is 13.5. The van der Waals surface area contributed by atoms with Gasteiger partial charge >= 0.3 is 0 Å². The van der Waals surface area contributed by atoms with E-state index in [1.807, 2.05) is 24.3 Å². The van der Waals surface area contributed by atoms with Gasteiger partial charge in [0, 0.05) is 5.69 Å². The molecule has 29 heavy (non-hydrogen) atoms. The second kappa shape index (κ2) is 10.6. The minimum atomic E-state index is -0.313. The van der Waals surface area contributed by atoms with Crippen LogP contribution >= 0.6 is 28.1 Å². The maximum Gasteiger partial charge on any atom is 0.264 e. The number of methoxy groups -OCH3 is 1. The molecular weight excluding hydrogens is 452 g/mol. The molecule has 1 fully saturated rings. The Labute approximate surface area is 185 Å². The Hall–Kier alpha value is -2.12. The SMILES string of the molecule is COc1ccc(NC(=S)NC(=O)COc2ccc(C3CCCCC3)cc2)cc1Br. The van der Waals surface area contributed by atoms with E-state index in [0.29, 0.717) is 17.4 Å². The number of halogens is 1. The van der Waals surface area contributed by atoms with Gasteiger partial charge in [-0.05, 0) is 82.8 Å². The van der Waals surface area contributed by atoms with Gasteiger partial charge < -0.3 is 14.8 Å². The van der Waals surface area contributed by atoms with Crippen molar-refractivity contribution in [2.75, 3.05) is 19.0 Å². The van der Waals surface area contributed by atoms with Crippen LogP contribution in [0.15, 0.2) is 46.9 Å². The predicted octanol–water partition coefficient (Wildman–Crippen LogP) is 5.40. The van der Waals surface area contributed by atoms with Crippen molar-refractivity contribution >= 4 is 44.9 Å². The molecule has 0 heterocycles. The second-order valence-corrected chi connectivity index (χ2v) is 8.31. The summed E-state index contributed by atoms with van der Waals surface area (Å²) in [6.45, 7) is -0.100. The largest absolute Gasteiger partial charge is 0.496 e. The average molecular weight is 477 g/mol. The van der Waals surface area contributed by atoms with E-state index in [-0.39, 0.29) is 17.6 Å². The van der Waals surface area contributed by atoms with Crippen LogP contribution in [-0.2, 0) is 4.79 Å². The molecule has 5 nitrogen and oxygen atoms in total. The van der Waals surface area contributed by atoms with Crippen molar-refractivity contribution in [3.8, 4) is 11.5 Å². The zero-order chi connectivity index (χ0) is 20.6. The van der Waals surface area contributed by atoms with Crippen LogP contribution in [0.3, 0.4) is 0 Å². The fraction of sp³-hybridized carbons (Fsp3) is 0.364. The van der Waals surface area contributed by atoms with Gasteiger partial charge in [0.15, 0.2) is 11.7 Å². The molecule has 7 heteroatoms. The normalized spacial score (nSPS) is 14.1. The Morgan fingerprint density at radius 2 is 1.86 bits per heavy atom. The molecule has 1 amide bonds. The summed E-state index contributed by atoms with van der Waals surface area (Å²) in [5.74, 6) is 1.74. The van der Waals surface area contributed by atoms with Crippen LogP contribution in [0.2, 0.25) is 0 Å². The minimum absolute atomic E-state index is 0.100. The van der Waals surface area contributed by atoms with Crippen LogP contribution in [-0.4, -0.2) is 24.7 Å². The quantitative estimate of drug-likeness (QED) is 0.546. The molecule has 1 aliphatic rings. The van der Waals surface area contributed by atoms with Crippen LogP contribution in [0.1, 0.15) is 43.6 Å². The Morgan fingerprint density at radius 1 is 1.14 bits per heavy atom. The molecule has 0 aromatic heterocycles. The number of nitrogens with one attached hydrogen (secondary N) is 2. The molecule has 0 aliphatic heterocycles. The number of rotatable bonds is 6. The van der Waals surface area contributed by atoms with Crippen molar-refractivity contribution < 1.29 is 14.3 Å². The average Bonchev–Trinajstić information content (AvgIpc) is 2.73. The Bertz CT molecular complexity index is 852. The molecule has 2 N–H and O–H groups in total. The number of carbonyl (C=O) groups excluding carboxylic acids is 1. The highest BCUT2D eigenvalue weighted by molar-refractivity contribution is 9.10. The summed E-state index contributed by atoms with van der Waals surface area (Å²) in [5, 5.41) is 5.80. The van der Waals surface area contributed by atoms with E-state index >= 15 is 0 Å². The summed E-state index contributed by atoms with van der Waals surface area (Å²) >= 11 is 8.61. The molecule has 0 unspecified atom stereocenters. The summed E-state index contributed by atoms with van der Waals surface area (Å²) < 4.78 is 11.6. The lowest BCUT2D eigenvalue weighted by molar-refractivity contribution is -0.121. The minimum Gasteiger partial charge on any atom is -0.496 e. The third-order valence-corrected chi connectivity index (χ3v) is 5.81. The van der Waals surface area contributed by atoms with Crippen molar-refractivity contribution in [3.63, 3.8) is 0 Å². The van der Waals surface area contributed by atoms with Gasteiger partial charge in [-0.2, -0.15) is 0 Å². The number of hydrogen-bond donors (Lipinski definition) is 2. The van der Waals surface area contributed by atoms with Crippen LogP contribution in [0.4, 0.5) is 5.69 Å². The number of anilines is 1. The third-order valence-electron chi connectivity index (χ3n) is 4.99. The van der Waals surface area contributed by atoms with Crippen LogP contribution in [0.5, 0.6) is 11.5 Å². The van der Waals surface area contributed by atoms with Crippen LogP contribution < -0.4 is 20.1 Å². The predicted molar refractivity (Wildman–Crippen MR) is 123 cm³/mol. The highest BCUT2D eigenvalue weighted by Crippen LogP contribution is 2.33. The van der Waals surface area contributed by atoms with Gasteiger partial charge in [0.2, 0.25) is 0 Å². The zero-order valence-electron chi connectivity index (χ0n) is 16.4. The molecule has 0 spiro atoms. The number of hydrogen-bond acceptors (Lipinski definition) is 4. The maximum absolute atomic E-state index is 12.1. The second-order valence-electron chi connectivity index (χ2n) is 7.04. The van der Waals surface area contributed by atoms with Gasteiger partial charge in [-0.25, -0.2) is 0 Å². The lowest BCUT2D eigenvalue weighted by Gasteiger charge is -2.22. The van der Waals surface area contributed by atoms with E-state index in [0.717, 1.165) is 10.2 Å². The van der Waals surface area contributed by atoms with Crippen LogP contribution in [0, 0.1) is 0 Å². The molecule has 154 valence electrons. The first kappa shape index (κ1) is 21.6. The van der Waals surface area contributed by atoms with Crippen molar-refractivity contribution in [2.45, 2.75) is 38.0 Å². The number of ether oxygens (including phenoxy) is 2. The van der Waals surface area contributed by atoms with Gasteiger partial charge in [0.25, 0.3) is 5.91 Å². The van der Waals surface area contributed by atoms with Crippen molar-refractivity contribution in [1.82, 2.24) is 5.32 Å². The van der Waals surface area contributed by atoms with Gasteiger partial charge in [0.05, 0.1) is 11.6 Å². The molecule has 3 rings (SSSR count). The fourth-order valence-electron chi connectivity index (χ4n) is 3.49. The maximum atomic E-state index is 12.1. The van der Waals surface area contributed by atoms with Crippen molar-refractivity contribution in [2.24, 2.45) is 0 Å². The lowest BCUT2D eigenvalue weighted by atomic mass is 9.84. The summed E-state index contributed by atoms with van der Waals surface area (Å²) in [4.78, 5) is 12.1. The van der Waals surface area contributed by atoms with Crippen molar-refractivity contribution in [1.29, 1.82) is 0 Å². The first-order valence-electron chi connectivity index (χ1n) is 9.72. The molecule has 0 atom stereocenters. The highest BCUT2D eigenvalue weighted by atomic mass is 79.9. The Morgan fingerprint density at radius 3 is 2.52 bits per heavy atom. The molecule has 1 aliphatic carbocycles. The third kappa shape index (κ3) is 6.44. The van der Waals surface area contributed by atoms with Gasteiger partial charge in [0.1, 0.15) is 11.5 Å². The van der Waals surface area contributed by atoms with E-state index in [1.54, 1.807) is 13.2 Å². The first-order chi connectivity index (χ1) is 14.0. The van der Waals surface area contributed by atoms with Gasteiger partial charge in [-0.1, -0.05) is 31.4 Å². The van der Waals surface area contributed by atoms with Gasteiger partial charge in [-0.15, -0.1) is 0 Å². The topological polar surface area (TPSA) is 59.6 Å². The summed E-state index contributed by atoms with van der Waals surface area (Å²) in [7, 11) is 1.60. The van der Waals surface area contributed by atoms with E-state index in [1.165, 1.54) is 37.7 Å². The Balaban J connectivity index is 1.44. The van der Waals surface area contributed by atoms with E-state index < -0.39 is 0 Å². The monoisotopic (exact) mass is 476 g/mol. The lowest BCUT2D eigenvalue weighted by Crippen LogP contribution is -2.37. The number of amides is 1. The summed E-state index contributed by atoms with van der Waals surface area (Å²) in [5.41, 5.74) is 2.10. The van der Waals surface area contributed by atoms with Gasteiger partial charge in [-0.3, -0.25) is 10.1 Å². The van der Waals surface area contributed by atoms with E-state index in [9.17, 15) is 4.79 Å². The highest BCUT2D eigenvalue weighted by Gasteiger charge is 2.15. The molecule has 1 saturated carbocycles. The van der Waals surface area contributed by atoms with Crippen LogP contribution in [0.25, 0.3) is 0 Å². The molecule has 2 aromatic rings. The zero-order valence-corrected chi connectivity index (χ0v) is 18.8. The van der Waals surface area contributed by atoms with E-state index in [4.69, 9.17) is 21.7 Å². The Kier molecular flexibility index (Phi) is 7.89. The number of thiocarbonyl (C=S) groups is 1. The van der Waals surface area contributed by atoms with Crippen molar-refractivity contribution in [3.05, 3.63) is 52.5 Å². The fourth-order valence-corrected chi connectivity index (χ4v) is 4.26. The number of carbonyl (C=O) groups is 1. The molecule has 0 saturated heterocycles. The molecule has 2 aromatic carbocycles. The molecule has 0 bridgehead atoms. The van der Waals surface area contributed by atoms with E-state index in [2.05, 4.69) is 38.7 Å². The molecular formula is C22H25BrN2O3S. The standard InChI is InChI=1S/C22H25BrN2O3S/c1-27-20-12-9-17(13-19(20)23)24-22(29)25-21(26)14-28-18-10-7-16(8-11-18)15-5-3-2-4-6-15/h7-13,15H,2-6,14H2,1H3,(H2,24,25,26,29). The number of benzene rings is 2. The smallest absolute Gasteiger partial charge is 0.264 e. The molecule has 0 radical (unpaired) electrons. The summed E-state index contributed by atoms with van der Waals surface area (Å²) in [6.07, 6.45) is 6.49.